The third kappa shape index (κ3) is 5.32. The Labute approximate surface area is 101 Å². The molecule has 0 aliphatic heterocycles. The van der Waals surface area contributed by atoms with Crippen LogP contribution in [0.5, 0.6) is 0 Å². The van der Waals surface area contributed by atoms with Gasteiger partial charge in [0.25, 0.3) is 0 Å². The molecule has 0 unspecified atom stereocenters. The lowest BCUT2D eigenvalue weighted by molar-refractivity contribution is 0.766. The van der Waals surface area contributed by atoms with Crippen molar-refractivity contribution in [2.75, 3.05) is 0 Å². The number of hydrogen-bond acceptors (Lipinski definition) is 1. The average Bonchev–Trinajstić information content (AvgIpc) is 1.52. The highest BCUT2D eigenvalue weighted by Gasteiger charge is 2.52. The number of rotatable bonds is 2. The van der Waals surface area contributed by atoms with Crippen LogP contribution in [0.1, 0.15) is 13.8 Å². The fraction of sp³-hybridized carbons (Fsp3) is 1.00. The van der Waals surface area contributed by atoms with Gasteiger partial charge in [0, 0.05) is 0 Å². The molecule has 0 saturated heterocycles. The van der Waals surface area contributed by atoms with Gasteiger partial charge in [-0.15, -0.1) is 0 Å². The molecule has 0 aliphatic carbocycles. The first kappa shape index (κ1) is 14.4. The maximum absolute atomic E-state index is 5.72. The zero-order valence-corrected chi connectivity index (χ0v) is 12.4. The van der Waals surface area contributed by atoms with Gasteiger partial charge in [0.05, 0.1) is 0 Å². The van der Waals surface area contributed by atoms with Crippen LogP contribution in [0.3, 0.4) is 0 Å². The molecule has 0 saturated carbocycles. The molecule has 0 bridgehead atoms. The van der Waals surface area contributed by atoms with E-state index in [1.165, 1.54) is 0 Å². The number of hydrogen-bond donors (Lipinski definition) is 0. The minimum Gasteiger partial charge on any atom is -0.212 e. The molecular formula is C3H6Cl6NP2+. The second kappa shape index (κ2) is 4.50. The molecule has 0 fully saturated rings. The lowest BCUT2D eigenvalue weighted by Crippen LogP contribution is -2.11. The fourth-order valence-corrected chi connectivity index (χ4v) is 4.78. The maximum Gasteiger partial charge on any atom is 0.334 e. The second-order valence-electron chi connectivity index (χ2n) is 2.46. The van der Waals surface area contributed by atoms with Gasteiger partial charge in [0.15, 0.2) is 0 Å². The molecule has 0 heterocycles. The first-order chi connectivity index (χ1) is 4.96. The van der Waals surface area contributed by atoms with Crippen molar-refractivity contribution in [2.24, 2.45) is 4.74 Å². The third-order valence-electron chi connectivity index (χ3n) is 0.979. The summed E-state index contributed by atoms with van der Waals surface area (Å²) < 4.78 is 3.87. The fourth-order valence-electron chi connectivity index (χ4n) is 0.328. The van der Waals surface area contributed by atoms with Gasteiger partial charge in [-0.25, -0.2) is 4.74 Å². The highest BCUT2D eigenvalue weighted by Crippen LogP contribution is 2.84. The van der Waals surface area contributed by atoms with Crippen LogP contribution in [-0.4, -0.2) is 5.28 Å². The smallest absolute Gasteiger partial charge is 0.212 e. The first-order valence-corrected chi connectivity index (χ1v) is 11.6. The second-order valence-corrected chi connectivity index (χ2v) is 17.6. The zero-order valence-electron chi connectivity index (χ0n) is 6.11. The Balaban J connectivity index is 4.91. The number of nitrogens with zero attached hydrogens (tertiary/aromatic N) is 1. The predicted molar refractivity (Wildman–Crippen MR) is 65.5 cm³/mol. The van der Waals surface area contributed by atoms with Gasteiger partial charge in [0.2, 0.25) is 10.4 Å². The number of halogens is 6. The summed E-state index contributed by atoms with van der Waals surface area (Å²) in [6.45, 7) is 3.27. The summed E-state index contributed by atoms with van der Waals surface area (Å²) >= 11 is 33.8. The van der Waals surface area contributed by atoms with Crippen LogP contribution < -0.4 is 0 Å². The third-order valence-corrected chi connectivity index (χ3v) is 7.61. The molecule has 0 rings (SSSR count). The van der Waals surface area contributed by atoms with Crippen LogP contribution in [0, 0.1) is 0 Å². The van der Waals surface area contributed by atoms with E-state index in [0.717, 1.165) is 0 Å². The Morgan fingerprint density at radius 3 is 1.50 bits per heavy atom. The van der Waals surface area contributed by atoms with Gasteiger partial charge in [-0.1, -0.05) is 0 Å². The van der Waals surface area contributed by atoms with Crippen LogP contribution >= 0.6 is 77.9 Å². The molecule has 0 spiro atoms. The normalized spacial score (nSPS) is 14.7. The van der Waals surface area contributed by atoms with Crippen molar-refractivity contribution in [3.8, 4) is 0 Å². The lowest BCUT2D eigenvalue weighted by Gasteiger charge is -2.19. The van der Waals surface area contributed by atoms with E-state index in [-0.39, 0.29) is 0 Å². The molecule has 0 aromatic carbocycles. The molecule has 12 heavy (non-hydrogen) atoms. The maximum atomic E-state index is 5.72. The summed E-state index contributed by atoms with van der Waals surface area (Å²) in [4.78, 5) is 0. The Hall–Kier alpha value is 2.40. The SMILES string of the molecule is CC(C)(N=P(Cl)(Cl)Cl)[P+](Cl)(Cl)Cl. The van der Waals surface area contributed by atoms with Crippen molar-refractivity contribution < 1.29 is 0 Å². The summed E-state index contributed by atoms with van der Waals surface area (Å²) in [5.74, 6) is 0. The van der Waals surface area contributed by atoms with Gasteiger partial charge in [-0.2, -0.15) is 0 Å². The van der Waals surface area contributed by atoms with Gasteiger partial charge < -0.3 is 0 Å². The molecule has 0 aromatic rings. The Morgan fingerprint density at radius 2 is 1.42 bits per heavy atom. The molecule has 0 amide bonds. The van der Waals surface area contributed by atoms with Gasteiger partial charge in [0.1, 0.15) is 33.7 Å². The Bertz CT molecular complexity index is 205. The van der Waals surface area contributed by atoms with Crippen molar-refractivity contribution in [3.63, 3.8) is 0 Å². The minimum absolute atomic E-state index is 0.892. The lowest BCUT2D eigenvalue weighted by atomic mass is 10.4. The molecule has 1 nitrogen and oxygen atoms in total. The molecule has 0 atom stereocenters. The van der Waals surface area contributed by atoms with Crippen LogP contribution in [0.25, 0.3) is 0 Å². The highest BCUT2D eigenvalue weighted by atomic mass is 36.1. The van der Waals surface area contributed by atoms with Gasteiger partial charge >= 0.3 is 5.32 Å². The summed E-state index contributed by atoms with van der Waals surface area (Å²) in [5, 5.41) is -6.40. The summed E-state index contributed by atoms with van der Waals surface area (Å²) in [7, 11) is 0. The van der Waals surface area contributed by atoms with Gasteiger partial charge in [-0.05, 0) is 47.6 Å². The molecule has 0 radical (unpaired) electrons. The molecule has 74 valence electrons. The van der Waals surface area contributed by atoms with E-state index >= 15 is 0 Å². The topological polar surface area (TPSA) is 12.4 Å². The summed E-state index contributed by atoms with van der Waals surface area (Å²) in [5.41, 5.74) is 0. The van der Waals surface area contributed by atoms with Crippen molar-refractivity contribution >= 4 is 77.9 Å². The van der Waals surface area contributed by atoms with Crippen molar-refractivity contribution in [3.05, 3.63) is 0 Å². The van der Waals surface area contributed by atoms with Crippen molar-refractivity contribution in [1.29, 1.82) is 0 Å². The minimum atomic E-state index is -2.82. The quantitative estimate of drug-likeness (QED) is 0.490. The van der Waals surface area contributed by atoms with Gasteiger partial charge in [-0.3, -0.25) is 0 Å². The van der Waals surface area contributed by atoms with Crippen LogP contribution in [-0.2, 0) is 0 Å². The average molecular weight is 331 g/mol. The zero-order chi connectivity index (χ0) is 10.2. The highest BCUT2D eigenvalue weighted by molar-refractivity contribution is 8.33. The van der Waals surface area contributed by atoms with E-state index < -0.39 is 15.7 Å². The van der Waals surface area contributed by atoms with Crippen molar-refractivity contribution in [2.45, 2.75) is 19.1 Å². The van der Waals surface area contributed by atoms with Crippen LogP contribution in [0.4, 0.5) is 0 Å². The van der Waals surface area contributed by atoms with E-state index in [1.54, 1.807) is 13.8 Å². The predicted octanol–water partition coefficient (Wildman–Crippen LogP) is 6.86. The largest absolute Gasteiger partial charge is 0.334 e. The van der Waals surface area contributed by atoms with E-state index in [9.17, 15) is 0 Å². The van der Waals surface area contributed by atoms with E-state index in [0.29, 0.717) is 0 Å². The van der Waals surface area contributed by atoms with Crippen molar-refractivity contribution in [1.82, 2.24) is 0 Å². The van der Waals surface area contributed by atoms with E-state index in [2.05, 4.69) is 4.74 Å². The standard InChI is InChI=1S/C3H6Cl6NP2/c1-3(2,11(4,5)6)10-12(7,8)9/h1-2H3/q+1. The Morgan fingerprint density at radius 1 is 1.08 bits per heavy atom. The monoisotopic (exact) mass is 328 g/mol. The molecule has 0 aliphatic rings. The van der Waals surface area contributed by atoms with E-state index in [1.807, 2.05) is 0 Å². The molecule has 0 aromatic heterocycles. The molecule has 9 heteroatoms. The molecule has 0 N–H and O–H groups in total. The van der Waals surface area contributed by atoms with Crippen LogP contribution in [0.15, 0.2) is 4.74 Å². The Kier molecular flexibility index (Phi) is 5.40. The van der Waals surface area contributed by atoms with E-state index in [4.69, 9.17) is 67.4 Å². The first-order valence-electron chi connectivity index (χ1n) is 2.66. The van der Waals surface area contributed by atoms with Crippen LogP contribution in [0.2, 0.25) is 0 Å². The summed E-state index contributed by atoms with van der Waals surface area (Å²) in [6.07, 6.45) is 0. The summed E-state index contributed by atoms with van der Waals surface area (Å²) in [6, 6.07) is 0. The molecular weight excluding hydrogens is 325 g/mol.